The first-order chi connectivity index (χ1) is 6.86. The lowest BCUT2D eigenvalue weighted by atomic mass is 10.1. The van der Waals surface area contributed by atoms with Gasteiger partial charge in [0.1, 0.15) is 10.8 Å². The summed E-state index contributed by atoms with van der Waals surface area (Å²) in [7, 11) is 1.64. The molecule has 0 aromatic carbocycles. The normalized spacial score (nSPS) is 12.2. The Morgan fingerprint density at radius 1 is 1.33 bits per heavy atom. The zero-order valence-electron chi connectivity index (χ0n) is 9.84. The van der Waals surface area contributed by atoms with E-state index in [0.29, 0.717) is 16.9 Å². The van der Waals surface area contributed by atoms with Gasteiger partial charge in [-0.05, 0) is 25.8 Å². The molecule has 0 bridgehead atoms. The van der Waals surface area contributed by atoms with E-state index in [1.54, 1.807) is 13.2 Å². The van der Waals surface area contributed by atoms with Crippen LogP contribution in [0.25, 0.3) is 0 Å². The van der Waals surface area contributed by atoms with E-state index in [9.17, 15) is 0 Å². The first-order valence-corrected chi connectivity index (χ1v) is 5.34. The summed E-state index contributed by atoms with van der Waals surface area (Å²) in [5, 5.41) is 0.467. The predicted octanol–water partition coefficient (Wildman–Crippen LogP) is 3.13. The average Bonchev–Trinajstić information content (AvgIpc) is 2.16. The van der Waals surface area contributed by atoms with E-state index in [1.165, 1.54) is 0 Å². The van der Waals surface area contributed by atoms with Gasteiger partial charge < -0.3 is 4.74 Å². The van der Waals surface area contributed by atoms with Crippen molar-refractivity contribution in [3.63, 3.8) is 0 Å². The van der Waals surface area contributed by atoms with E-state index in [0.717, 1.165) is 5.69 Å². The van der Waals surface area contributed by atoms with Crippen LogP contribution in [0.1, 0.15) is 45.1 Å². The molecule has 0 spiro atoms. The fourth-order valence-corrected chi connectivity index (χ4v) is 1.28. The van der Waals surface area contributed by atoms with Gasteiger partial charge >= 0.3 is 0 Å². The van der Waals surface area contributed by atoms with Crippen LogP contribution in [0.4, 0.5) is 0 Å². The van der Waals surface area contributed by atoms with E-state index < -0.39 is 5.60 Å². The third-order valence-corrected chi connectivity index (χ3v) is 2.55. The highest BCUT2D eigenvalue weighted by Crippen LogP contribution is 2.24. The lowest BCUT2D eigenvalue weighted by molar-refractivity contribution is 0.0112. The van der Waals surface area contributed by atoms with Crippen LogP contribution in [0.5, 0.6) is 0 Å². The highest BCUT2D eigenvalue weighted by Gasteiger charge is 2.24. The number of nitrogens with zero attached hydrogens (tertiary/aromatic N) is 2. The van der Waals surface area contributed by atoms with Gasteiger partial charge in [-0.3, -0.25) is 0 Å². The fraction of sp³-hybridized carbons (Fsp3) is 0.636. The molecule has 1 aromatic rings. The number of hydrogen-bond donors (Lipinski definition) is 0. The molecule has 0 aliphatic heterocycles. The Hall–Kier alpha value is -0.670. The molecular formula is C11H17ClN2O. The molecule has 4 heteroatoms. The molecule has 0 N–H and O–H groups in total. The second-order valence-electron chi connectivity index (χ2n) is 4.31. The second-order valence-corrected chi connectivity index (χ2v) is 4.70. The van der Waals surface area contributed by atoms with E-state index >= 15 is 0 Å². The molecule has 84 valence electrons. The fourth-order valence-electron chi connectivity index (χ4n) is 1.09. The van der Waals surface area contributed by atoms with Crippen LogP contribution in [0.2, 0.25) is 5.15 Å². The molecule has 0 amide bonds. The molecule has 3 nitrogen and oxygen atoms in total. The lowest BCUT2D eigenvalue weighted by Gasteiger charge is -2.22. The van der Waals surface area contributed by atoms with Crippen LogP contribution in [0, 0.1) is 0 Å². The molecule has 0 unspecified atom stereocenters. The lowest BCUT2D eigenvalue weighted by Crippen LogP contribution is -2.23. The third kappa shape index (κ3) is 2.89. The Morgan fingerprint density at radius 3 is 2.40 bits per heavy atom. The topological polar surface area (TPSA) is 35.0 Å². The van der Waals surface area contributed by atoms with Crippen molar-refractivity contribution in [3.05, 3.63) is 22.7 Å². The maximum Gasteiger partial charge on any atom is 0.161 e. The number of aromatic nitrogens is 2. The molecule has 0 radical (unpaired) electrons. The molecule has 1 rings (SSSR count). The molecule has 0 aliphatic rings. The summed E-state index contributed by atoms with van der Waals surface area (Å²) >= 11 is 5.95. The molecule has 0 saturated heterocycles. The zero-order chi connectivity index (χ0) is 11.6. The van der Waals surface area contributed by atoms with E-state index in [4.69, 9.17) is 16.3 Å². The first-order valence-electron chi connectivity index (χ1n) is 4.97. The maximum absolute atomic E-state index is 5.95. The van der Waals surface area contributed by atoms with Crippen molar-refractivity contribution in [3.8, 4) is 0 Å². The average molecular weight is 229 g/mol. The van der Waals surface area contributed by atoms with E-state index in [2.05, 4.69) is 23.8 Å². The summed E-state index contributed by atoms with van der Waals surface area (Å²) in [5.74, 6) is 0.957. The van der Waals surface area contributed by atoms with E-state index in [1.807, 2.05) is 13.8 Å². The number of hydrogen-bond acceptors (Lipinski definition) is 3. The number of ether oxygens (including phenoxy) is 1. The molecule has 0 atom stereocenters. The summed E-state index contributed by atoms with van der Waals surface area (Å²) in [4.78, 5) is 8.64. The molecular weight excluding hydrogens is 212 g/mol. The smallest absolute Gasteiger partial charge is 0.161 e. The van der Waals surface area contributed by atoms with Crippen LogP contribution in [-0.4, -0.2) is 17.1 Å². The summed E-state index contributed by atoms with van der Waals surface area (Å²) < 4.78 is 5.33. The first kappa shape index (κ1) is 12.4. The van der Waals surface area contributed by atoms with Gasteiger partial charge in [-0.25, -0.2) is 9.97 Å². The van der Waals surface area contributed by atoms with Crippen LogP contribution in [-0.2, 0) is 10.3 Å². The van der Waals surface area contributed by atoms with Crippen molar-refractivity contribution < 1.29 is 4.74 Å². The quantitative estimate of drug-likeness (QED) is 0.746. The minimum absolute atomic E-state index is 0.330. The number of halogens is 1. The van der Waals surface area contributed by atoms with Gasteiger partial charge in [-0.15, -0.1) is 0 Å². The van der Waals surface area contributed by atoms with E-state index in [-0.39, 0.29) is 0 Å². The predicted molar refractivity (Wildman–Crippen MR) is 61.2 cm³/mol. The van der Waals surface area contributed by atoms with Crippen LogP contribution in [0.15, 0.2) is 6.07 Å². The van der Waals surface area contributed by atoms with Crippen LogP contribution < -0.4 is 0 Å². The van der Waals surface area contributed by atoms with Gasteiger partial charge in [0.05, 0.1) is 0 Å². The van der Waals surface area contributed by atoms with Crippen molar-refractivity contribution in [1.82, 2.24) is 9.97 Å². The van der Waals surface area contributed by atoms with Crippen molar-refractivity contribution in [2.24, 2.45) is 0 Å². The SMILES string of the molecule is COC(C)(C)c1nc(Cl)cc(C(C)C)n1. The van der Waals surface area contributed by atoms with Gasteiger partial charge in [0.2, 0.25) is 0 Å². The van der Waals surface area contributed by atoms with Crippen LogP contribution >= 0.6 is 11.6 Å². The van der Waals surface area contributed by atoms with Crippen molar-refractivity contribution in [2.45, 2.75) is 39.2 Å². The van der Waals surface area contributed by atoms with Gasteiger partial charge in [-0.1, -0.05) is 25.4 Å². The standard InChI is InChI=1S/C11H17ClN2O/c1-7(2)8-6-9(12)14-10(13-8)11(3,4)15-5/h6-7H,1-5H3. The summed E-state index contributed by atoms with van der Waals surface area (Å²) in [6.45, 7) is 7.98. The molecule has 0 fully saturated rings. The molecule has 1 aromatic heterocycles. The number of methoxy groups -OCH3 is 1. The number of rotatable bonds is 3. The Bertz CT molecular complexity index is 350. The second kappa shape index (κ2) is 4.45. The molecule has 0 aliphatic carbocycles. The minimum atomic E-state index is -0.505. The Labute approximate surface area is 95.8 Å². The Balaban J connectivity index is 3.20. The summed E-state index contributed by atoms with van der Waals surface area (Å²) in [5.41, 5.74) is 0.435. The van der Waals surface area contributed by atoms with Gasteiger partial charge in [0.25, 0.3) is 0 Å². The monoisotopic (exact) mass is 228 g/mol. The van der Waals surface area contributed by atoms with Gasteiger partial charge in [-0.2, -0.15) is 0 Å². The third-order valence-electron chi connectivity index (χ3n) is 2.36. The summed E-state index contributed by atoms with van der Waals surface area (Å²) in [6, 6.07) is 1.79. The maximum atomic E-state index is 5.95. The zero-order valence-corrected chi connectivity index (χ0v) is 10.6. The van der Waals surface area contributed by atoms with Crippen LogP contribution in [0.3, 0.4) is 0 Å². The van der Waals surface area contributed by atoms with Crippen molar-refractivity contribution in [2.75, 3.05) is 7.11 Å². The molecule has 1 heterocycles. The Morgan fingerprint density at radius 2 is 1.93 bits per heavy atom. The largest absolute Gasteiger partial charge is 0.371 e. The molecule has 0 saturated carbocycles. The molecule has 15 heavy (non-hydrogen) atoms. The van der Waals surface area contributed by atoms with Gasteiger partial charge in [0.15, 0.2) is 5.82 Å². The highest BCUT2D eigenvalue weighted by atomic mass is 35.5. The highest BCUT2D eigenvalue weighted by molar-refractivity contribution is 6.29. The van der Waals surface area contributed by atoms with Crippen molar-refractivity contribution in [1.29, 1.82) is 0 Å². The Kier molecular flexibility index (Phi) is 3.68. The van der Waals surface area contributed by atoms with Gasteiger partial charge in [0, 0.05) is 12.8 Å². The van der Waals surface area contributed by atoms with Crippen molar-refractivity contribution >= 4 is 11.6 Å². The summed E-state index contributed by atoms with van der Waals surface area (Å²) in [6.07, 6.45) is 0. The minimum Gasteiger partial charge on any atom is -0.371 e.